The average molecular weight is 481 g/mol. The van der Waals surface area contributed by atoms with Crippen molar-refractivity contribution in [1.82, 2.24) is 3.54 Å². The monoisotopic (exact) mass is 482 g/mol. The summed E-state index contributed by atoms with van der Waals surface area (Å²) in [4.78, 5) is 0. The van der Waals surface area contributed by atoms with Crippen molar-refractivity contribution in [3.8, 4) is 0 Å². The molecule has 2 aliphatic carbocycles. The van der Waals surface area contributed by atoms with Crippen LogP contribution < -0.4 is 3.54 Å². The predicted molar refractivity (Wildman–Crippen MR) is 123 cm³/mol. The minimum atomic E-state index is -1.67. The maximum atomic E-state index is 4.43. The second kappa shape index (κ2) is 11.5. The van der Waals surface area contributed by atoms with E-state index in [-0.39, 0.29) is 0 Å². The third kappa shape index (κ3) is 6.23. The van der Waals surface area contributed by atoms with Gasteiger partial charge in [-0.15, -0.1) is 0 Å². The molecular formula is C23H44NSiSn. The van der Waals surface area contributed by atoms with Crippen LogP contribution in [0, 0.1) is 5.92 Å². The van der Waals surface area contributed by atoms with Gasteiger partial charge in [-0.05, 0) is 0 Å². The zero-order valence-corrected chi connectivity index (χ0v) is 22.5. The van der Waals surface area contributed by atoms with Crippen molar-refractivity contribution in [3.05, 3.63) is 20.3 Å². The standard InChI is InChI=1S/C12H24N.C9H13.C2H7Si.Sn/c13-12-10-8-6-4-2-1-3-5-7-9-11-12;1-6-5-7(2)9(4)8(6)3;1-3-2;/h12-13H,1-11H2;6H,1-4H3;3H,1-2H3;/q-1;;;+1. The molecular weight excluding hydrogens is 437 g/mol. The van der Waals surface area contributed by atoms with Crippen LogP contribution in [0.4, 0.5) is 0 Å². The Balaban J connectivity index is 2.07. The van der Waals surface area contributed by atoms with Crippen LogP contribution in [-0.4, -0.2) is 31.6 Å². The first-order chi connectivity index (χ1) is 12.4. The molecule has 1 unspecified atom stereocenters. The summed E-state index contributed by atoms with van der Waals surface area (Å²) in [6.45, 7) is 14.9. The summed E-state index contributed by atoms with van der Waals surface area (Å²) in [5.74, 6) is 0.734. The SMILES string of the molecule is CC1=C(C)C(C)[C]([Sn]([NH]C2CCCCCCCCCCC2)[SiH](C)C)=C1C. The molecule has 26 heavy (non-hydrogen) atoms. The molecule has 0 aromatic rings. The molecule has 0 heterocycles. The molecule has 0 aromatic heterocycles. The van der Waals surface area contributed by atoms with Gasteiger partial charge in [0.1, 0.15) is 0 Å². The second-order valence-corrected chi connectivity index (χ2v) is 30.0. The fraction of sp³-hybridized carbons (Fsp3) is 0.826. The van der Waals surface area contributed by atoms with E-state index in [4.69, 9.17) is 0 Å². The van der Waals surface area contributed by atoms with Gasteiger partial charge in [0, 0.05) is 0 Å². The molecule has 3 heteroatoms. The van der Waals surface area contributed by atoms with Gasteiger partial charge >= 0.3 is 173 Å². The Kier molecular flexibility index (Phi) is 10.0. The van der Waals surface area contributed by atoms with E-state index in [9.17, 15) is 0 Å². The van der Waals surface area contributed by atoms with Crippen molar-refractivity contribution in [1.29, 1.82) is 0 Å². The molecule has 0 saturated heterocycles. The molecule has 1 atom stereocenters. The fourth-order valence-corrected chi connectivity index (χ4v) is 24.9. The Morgan fingerprint density at radius 2 is 1.23 bits per heavy atom. The van der Waals surface area contributed by atoms with Crippen LogP contribution in [0.15, 0.2) is 20.3 Å². The zero-order chi connectivity index (χ0) is 19.1. The van der Waals surface area contributed by atoms with Gasteiger partial charge in [-0.3, -0.25) is 0 Å². The van der Waals surface area contributed by atoms with Gasteiger partial charge in [0.2, 0.25) is 0 Å². The Morgan fingerprint density at radius 3 is 1.62 bits per heavy atom. The van der Waals surface area contributed by atoms with Crippen LogP contribution >= 0.6 is 0 Å². The first kappa shape index (κ1) is 22.7. The second-order valence-electron chi connectivity index (χ2n) is 9.24. The van der Waals surface area contributed by atoms with Crippen LogP contribution in [-0.2, 0) is 0 Å². The van der Waals surface area contributed by atoms with E-state index in [0.717, 1.165) is 12.0 Å². The van der Waals surface area contributed by atoms with Gasteiger partial charge in [-0.1, -0.05) is 0 Å². The first-order valence-electron chi connectivity index (χ1n) is 11.5. The molecule has 1 saturated carbocycles. The topological polar surface area (TPSA) is 12.0 Å². The van der Waals surface area contributed by atoms with E-state index in [1.165, 1.54) is 70.6 Å². The molecule has 0 spiro atoms. The third-order valence-electron chi connectivity index (χ3n) is 6.97. The van der Waals surface area contributed by atoms with Gasteiger partial charge in [0.15, 0.2) is 0 Å². The predicted octanol–water partition coefficient (Wildman–Crippen LogP) is 6.65. The van der Waals surface area contributed by atoms with Gasteiger partial charge in [-0.25, -0.2) is 0 Å². The maximum absolute atomic E-state index is 4.43. The van der Waals surface area contributed by atoms with E-state index in [0.29, 0.717) is 0 Å². The zero-order valence-electron chi connectivity index (χ0n) is 18.5. The fourth-order valence-electron chi connectivity index (χ4n) is 4.88. The van der Waals surface area contributed by atoms with Gasteiger partial charge in [-0.2, -0.15) is 0 Å². The molecule has 0 bridgehead atoms. The normalized spacial score (nSPS) is 25.2. The number of rotatable bonds is 4. The van der Waals surface area contributed by atoms with Crippen LogP contribution in [0.1, 0.15) is 98.3 Å². The number of hydrogen-bond acceptors (Lipinski definition) is 1. The number of hydrogen-bond donors (Lipinski definition) is 1. The van der Waals surface area contributed by atoms with E-state index in [2.05, 4.69) is 44.3 Å². The van der Waals surface area contributed by atoms with Crippen molar-refractivity contribution < 1.29 is 0 Å². The average Bonchev–Trinajstić information content (AvgIpc) is 2.78. The van der Waals surface area contributed by atoms with Crippen molar-refractivity contribution >= 4 is 25.5 Å². The Morgan fingerprint density at radius 1 is 0.769 bits per heavy atom. The van der Waals surface area contributed by atoms with Gasteiger partial charge in [0.05, 0.1) is 0 Å². The molecule has 0 aliphatic heterocycles. The van der Waals surface area contributed by atoms with Crippen molar-refractivity contribution in [2.75, 3.05) is 0 Å². The van der Waals surface area contributed by atoms with Gasteiger partial charge < -0.3 is 0 Å². The summed E-state index contributed by atoms with van der Waals surface area (Å²) in [5.41, 5.74) is 4.96. The van der Waals surface area contributed by atoms with Crippen LogP contribution in [0.3, 0.4) is 0 Å². The van der Waals surface area contributed by atoms with E-state index >= 15 is 0 Å². The summed E-state index contributed by atoms with van der Waals surface area (Å²) in [7, 11) is 0. The van der Waals surface area contributed by atoms with E-state index in [1.54, 1.807) is 16.7 Å². The Labute approximate surface area is 172 Å². The summed E-state index contributed by atoms with van der Waals surface area (Å²) < 4.78 is 6.37. The van der Waals surface area contributed by atoms with Gasteiger partial charge in [0.25, 0.3) is 0 Å². The van der Waals surface area contributed by atoms with E-state index < -0.39 is 25.5 Å². The van der Waals surface area contributed by atoms with Crippen molar-refractivity contribution in [2.45, 2.75) is 117 Å². The Hall–Kier alpha value is 0.456. The summed E-state index contributed by atoms with van der Waals surface area (Å²) in [6, 6.07) is 0.826. The molecule has 2 rings (SSSR count). The number of allylic oxidation sites excluding steroid dienone is 4. The van der Waals surface area contributed by atoms with Crippen molar-refractivity contribution in [3.63, 3.8) is 0 Å². The first-order valence-corrected chi connectivity index (χ1v) is 22.1. The molecule has 149 valence electrons. The summed E-state index contributed by atoms with van der Waals surface area (Å²) >= 11 is -1.67. The summed E-state index contributed by atoms with van der Waals surface area (Å²) in [6.07, 6.45) is 15.5. The van der Waals surface area contributed by atoms with Crippen LogP contribution in [0.25, 0.3) is 0 Å². The quantitative estimate of drug-likeness (QED) is 0.444. The third-order valence-corrected chi connectivity index (χ3v) is 27.2. The molecule has 1 radical (unpaired) electrons. The molecule has 1 fully saturated rings. The molecule has 1 N–H and O–H groups in total. The van der Waals surface area contributed by atoms with E-state index in [1.807, 2.05) is 3.59 Å². The summed E-state index contributed by atoms with van der Waals surface area (Å²) in [5, 5.41) is 0. The van der Waals surface area contributed by atoms with Crippen LogP contribution in [0.5, 0.6) is 0 Å². The Bertz CT molecular complexity index is 496. The van der Waals surface area contributed by atoms with Crippen LogP contribution in [0.2, 0.25) is 13.1 Å². The minimum absolute atomic E-state index is 0.602. The molecule has 0 aromatic carbocycles. The number of nitrogens with one attached hydrogen (secondary N) is 1. The molecule has 1 nitrogen and oxygen atoms in total. The molecule has 0 amide bonds. The molecule has 2 aliphatic rings. The van der Waals surface area contributed by atoms with Crippen molar-refractivity contribution in [2.24, 2.45) is 5.92 Å².